The lowest BCUT2D eigenvalue weighted by atomic mass is 10.0. The highest BCUT2D eigenvalue weighted by Gasteiger charge is 2.31. The zero-order chi connectivity index (χ0) is 20.6. The van der Waals surface area contributed by atoms with Crippen LogP contribution in [0.25, 0.3) is 0 Å². The number of nitrogens with zero attached hydrogens (tertiary/aromatic N) is 3. The summed E-state index contributed by atoms with van der Waals surface area (Å²) in [6, 6.07) is 9.45. The maximum absolute atomic E-state index is 13.2. The predicted octanol–water partition coefficient (Wildman–Crippen LogP) is 3.62. The van der Waals surface area contributed by atoms with Gasteiger partial charge in [-0.1, -0.05) is 30.3 Å². The SMILES string of the molecule is CCn1ccnc1C1CCCCN1C(=O)NC(CCC(=O)O)Cc1ccccc1. The lowest BCUT2D eigenvalue weighted by Crippen LogP contribution is -2.49. The number of piperidine rings is 1. The molecular weight excluding hydrogens is 368 g/mol. The zero-order valence-electron chi connectivity index (χ0n) is 17.0. The summed E-state index contributed by atoms with van der Waals surface area (Å²) in [5.74, 6) is 0.0747. The Labute approximate surface area is 171 Å². The van der Waals surface area contributed by atoms with E-state index in [0.717, 1.165) is 37.2 Å². The summed E-state index contributed by atoms with van der Waals surface area (Å²) < 4.78 is 2.09. The van der Waals surface area contributed by atoms with Gasteiger partial charge >= 0.3 is 12.0 Å². The van der Waals surface area contributed by atoms with Crippen LogP contribution in [-0.2, 0) is 17.8 Å². The van der Waals surface area contributed by atoms with Gasteiger partial charge in [0.25, 0.3) is 0 Å². The molecule has 156 valence electrons. The van der Waals surface area contributed by atoms with E-state index in [-0.39, 0.29) is 24.5 Å². The molecule has 1 aliphatic heterocycles. The number of rotatable bonds is 8. The number of likely N-dealkylation sites (tertiary alicyclic amines) is 1. The number of carboxylic acid groups (broad SMARTS) is 1. The van der Waals surface area contributed by atoms with Crippen molar-refractivity contribution in [2.75, 3.05) is 6.54 Å². The number of hydrogen-bond acceptors (Lipinski definition) is 3. The van der Waals surface area contributed by atoms with Crippen LogP contribution in [0.5, 0.6) is 0 Å². The van der Waals surface area contributed by atoms with E-state index >= 15 is 0 Å². The summed E-state index contributed by atoms with van der Waals surface area (Å²) in [5, 5.41) is 12.2. The Morgan fingerprint density at radius 2 is 2.07 bits per heavy atom. The lowest BCUT2D eigenvalue weighted by Gasteiger charge is -2.36. The molecule has 1 fully saturated rings. The molecule has 0 spiro atoms. The Bertz CT molecular complexity index is 805. The number of aromatic nitrogens is 2. The number of amides is 2. The van der Waals surface area contributed by atoms with E-state index in [1.54, 1.807) is 6.20 Å². The van der Waals surface area contributed by atoms with Gasteiger partial charge in [-0.15, -0.1) is 0 Å². The number of urea groups is 1. The third-order valence-electron chi connectivity index (χ3n) is 5.51. The van der Waals surface area contributed by atoms with E-state index in [1.807, 2.05) is 41.4 Å². The molecular formula is C22H30N4O3. The van der Waals surface area contributed by atoms with Crippen LogP contribution < -0.4 is 5.32 Å². The Balaban J connectivity index is 1.73. The van der Waals surface area contributed by atoms with Crippen molar-refractivity contribution in [1.29, 1.82) is 0 Å². The van der Waals surface area contributed by atoms with Crippen LogP contribution in [0.3, 0.4) is 0 Å². The van der Waals surface area contributed by atoms with Crippen molar-refractivity contribution < 1.29 is 14.7 Å². The maximum atomic E-state index is 13.2. The van der Waals surface area contributed by atoms with Crippen molar-refractivity contribution in [3.63, 3.8) is 0 Å². The number of carbonyl (C=O) groups excluding carboxylic acids is 1. The number of aliphatic carboxylic acids is 1. The van der Waals surface area contributed by atoms with E-state index in [2.05, 4.69) is 21.8 Å². The normalized spacial score (nSPS) is 17.7. The highest BCUT2D eigenvalue weighted by Crippen LogP contribution is 2.30. The Morgan fingerprint density at radius 3 is 2.79 bits per heavy atom. The van der Waals surface area contributed by atoms with Gasteiger partial charge in [0.15, 0.2) is 0 Å². The van der Waals surface area contributed by atoms with E-state index in [4.69, 9.17) is 5.11 Å². The first-order valence-corrected chi connectivity index (χ1v) is 10.4. The number of hydrogen-bond donors (Lipinski definition) is 2. The Morgan fingerprint density at radius 1 is 1.28 bits per heavy atom. The minimum Gasteiger partial charge on any atom is -0.481 e. The molecule has 7 nitrogen and oxygen atoms in total. The minimum absolute atomic E-state index is 0.0292. The second-order valence-electron chi connectivity index (χ2n) is 7.54. The summed E-state index contributed by atoms with van der Waals surface area (Å²) in [4.78, 5) is 30.7. The van der Waals surface area contributed by atoms with Crippen LogP contribution in [0.1, 0.15) is 56.5 Å². The first-order valence-electron chi connectivity index (χ1n) is 10.4. The smallest absolute Gasteiger partial charge is 0.318 e. The molecule has 1 aromatic carbocycles. The molecule has 2 unspecified atom stereocenters. The molecule has 2 N–H and O–H groups in total. The van der Waals surface area contributed by atoms with E-state index < -0.39 is 5.97 Å². The molecule has 7 heteroatoms. The van der Waals surface area contributed by atoms with Crippen LogP contribution in [0.4, 0.5) is 4.79 Å². The van der Waals surface area contributed by atoms with Gasteiger partial charge in [-0.25, -0.2) is 9.78 Å². The van der Waals surface area contributed by atoms with Gasteiger partial charge in [-0.3, -0.25) is 4.79 Å². The van der Waals surface area contributed by atoms with Gasteiger partial charge in [0.1, 0.15) is 5.82 Å². The summed E-state index contributed by atoms with van der Waals surface area (Å²) in [7, 11) is 0. The Kier molecular flexibility index (Phi) is 7.27. The van der Waals surface area contributed by atoms with Crippen LogP contribution in [0, 0.1) is 0 Å². The number of nitrogens with one attached hydrogen (secondary N) is 1. The minimum atomic E-state index is -0.849. The van der Waals surface area contributed by atoms with Crippen LogP contribution in [0.15, 0.2) is 42.7 Å². The van der Waals surface area contributed by atoms with Crippen molar-refractivity contribution in [2.24, 2.45) is 0 Å². The molecule has 0 bridgehead atoms. The van der Waals surface area contributed by atoms with Gasteiger partial charge in [-0.05, 0) is 44.6 Å². The molecule has 2 atom stereocenters. The number of carboxylic acids is 1. The van der Waals surface area contributed by atoms with Crippen LogP contribution in [-0.4, -0.2) is 44.1 Å². The fourth-order valence-corrected chi connectivity index (χ4v) is 4.01. The predicted molar refractivity (Wildman–Crippen MR) is 111 cm³/mol. The second-order valence-corrected chi connectivity index (χ2v) is 7.54. The van der Waals surface area contributed by atoms with Gasteiger partial charge in [0.05, 0.1) is 6.04 Å². The topological polar surface area (TPSA) is 87.5 Å². The molecule has 2 aromatic rings. The van der Waals surface area contributed by atoms with E-state index in [1.165, 1.54) is 0 Å². The first-order chi connectivity index (χ1) is 14.1. The highest BCUT2D eigenvalue weighted by atomic mass is 16.4. The number of imidazole rings is 1. The molecule has 1 aliphatic rings. The fraction of sp³-hybridized carbons (Fsp3) is 0.500. The van der Waals surface area contributed by atoms with Gasteiger partial charge in [-0.2, -0.15) is 0 Å². The molecule has 0 saturated carbocycles. The molecule has 2 heterocycles. The number of aryl methyl sites for hydroxylation is 1. The molecule has 0 aliphatic carbocycles. The fourth-order valence-electron chi connectivity index (χ4n) is 4.01. The molecule has 29 heavy (non-hydrogen) atoms. The van der Waals surface area contributed by atoms with Crippen LogP contribution >= 0.6 is 0 Å². The van der Waals surface area contributed by atoms with Gasteiger partial charge in [0, 0.05) is 37.9 Å². The van der Waals surface area contributed by atoms with Crippen molar-refractivity contribution in [3.05, 3.63) is 54.1 Å². The maximum Gasteiger partial charge on any atom is 0.318 e. The second kappa shape index (κ2) is 10.1. The summed E-state index contributed by atoms with van der Waals surface area (Å²) in [6.07, 6.45) is 7.71. The number of benzene rings is 1. The largest absolute Gasteiger partial charge is 0.481 e. The van der Waals surface area contributed by atoms with Crippen molar-refractivity contribution in [2.45, 2.75) is 64.1 Å². The summed E-state index contributed by atoms with van der Waals surface area (Å²) >= 11 is 0. The third kappa shape index (κ3) is 5.59. The van der Waals surface area contributed by atoms with E-state index in [9.17, 15) is 9.59 Å². The van der Waals surface area contributed by atoms with Crippen molar-refractivity contribution in [3.8, 4) is 0 Å². The lowest BCUT2D eigenvalue weighted by molar-refractivity contribution is -0.137. The third-order valence-corrected chi connectivity index (χ3v) is 5.51. The zero-order valence-corrected chi connectivity index (χ0v) is 17.0. The first kappa shape index (κ1) is 20.9. The van der Waals surface area contributed by atoms with Gasteiger partial charge < -0.3 is 19.9 Å². The quantitative estimate of drug-likeness (QED) is 0.711. The van der Waals surface area contributed by atoms with Crippen molar-refractivity contribution >= 4 is 12.0 Å². The summed E-state index contributed by atoms with van der Waals surface area (Å²) in [6.45, 7) is 3.57. The molecule has 1 aromatic heterocycles. The Hall–Kier alpha value is -2.83. The molecule has 1 saturated heterocycles. The van der Waals surface area contributed by atoms with E-state index in [0.29, 0.717) is 19.4 Å². The summed E-state index contributed by atoms with van der Waals surface area (Å²) in [5.41, 5.74) is 1.08. The molecule has 0 radical (unpaired) electrons. The monoisotopic (exact) mass is 398 g/mol. The average Bonchev–Trinajstić information content (AvgIpc) is 3.21. The van der Waals surface area contributed by atoms with Gasteiger partial charge in [0.2, 0.25) is 0 Å². The molecule has 3 rings (SSSR count). The molecule has 2 amide bonds. The average molecular weight is 399 g/mol. The standard InChI is InChI=1S/C22H30N4O3/c1-2-25-15-13-23-21(25)19-10-6-7-14-26(19)22(29)24-18(11-12-20(27)28)16-17-8-4-3-5-9-17/h3-5,8-9,13,15,18-19H,2,6-7,10-12,14,16H2,1H3,(H,24,29)(H,27,28). The van der Waals surface area contributed by atoms with Crippen LogP contribution in [0.2, 0.25) is 0 Å². The van der Waals surface area contributed by atoms with Crippen molar-refractivity contribution in [1.82, 2.24) is 19.8 Å². The number of carbonyl (C=O) groups is 2. The highest BCUT2D eigenvalue weighted by molar-refractivity contribution is 5.75.